The second-order valence-corrected chi connectivity index (χ2v) is 5.22. The van der Waals surface area contributed by atoms with Crippen molar-refractivity contribution >= 4 is 34.6 Å². The van der Waals surface area contributed by atoms with Gasteiger partial charge in [-0.15, -0.1) is 0 Å². The van der Waals surface area contributed by atoms with Crippen molar-refractivity contribution in [2.45, 2.75) is 0 Å². The molecule has 10 heteroatoms. The molecule has 0 radical (unpaired) electrons. The third kappa shape index (κ3) is 4.52. The van der Waals surface area contributed by atoms with Crippen LogP contribution in [0.1, 0.15) is 0 Å². The summed E-state index contributed by atoms with van der Waals surface area (Å²) in [5, 5.41) is 24.4. The Kier molecular flexibility index (Phi) is 5.82. The minimum atomic E-state index is -0.910. The Morgan fingerprint density at radius 2 is 2.00 bits per heavy atom. The summed E-state index contributed by atoms with van der Waals surface area (Å²) in [4.78, 5) is 22.2. The van der Waals surface area contributed by atoms with E-state index in [1.807, 2.05) is 0 Å². The van der Waals surface area contributed by atoms with E-state index in [0.29, 0.717) is 6.07 Å². The van der Waals surface area contributed by atoms with Crippen molar-refractivity contribution < 1.29 is 18.5 Å². The van der Waals surface area contributed by atoms with Crippen LogP contribution in [0, 0.1) is 33.1 Å². The van der Waals surface area contributed by atoms with E-state index in [-0.39, 0.29) is 16.4 Å². The second-order valence-electron chi connectivity index (χ2n) is 4.82. The van der Waals surface area contributed by atoms with E-state index in [9.17, 15) is 23.7 Å². The highest BCUT2D eigenvalue weighted by Gasteiger charge is 2.15. The number of carbonyl (C=O) groups is 1. The fraction of sp³-hybridized carbons (Fsp3) is 0. The monoisotopic (exact) mass is 378 g/mol. The van der Waals surface area contributed by atoms with Crippen molar-refractivity contribution in [2.75, 3.05) is 10.6 Å². The van der Waals surface area contributed by atoms with Crippen LogP contribution in [-0.4, -0.2) is 10.8 Å². The number of nitro benzene ring substituents is 1. The lowest BCUT2D eigenvalue weighted by atomic mass is 10.2. The first-order chi connectivity index (χ1) is 12.3. The number of anilines is 2. The van der Waals surface area contributed by atoms with Crippen LogP contribution in [0.15, 0.2) is 48.2 Å². The zero-order chi connectivity index (χ0) is 19.3. The Balaban J connectivity index is 2.17. The van der Waals surface area contributed by atoms with Crippen molar-refractivity contribution in [1.82, 2.24) is 0 Å². The highest BCUT2D eigenvalue weighted by atomic mass is 35.5. The standard InChI is InChI=1S/C16H9ClF2N4O3/c17-12-3-2-11(6-15(12)23(25)26)22-16(24)9(7-20)8-21-14-4-1-10(18)5-13(14)19/h1-6,8,21H,(H,22,24)/b9-8-. The molecule has 2 aromatic carbocycles. The zero-order valence-corrected chi connectivity index (χ0v) is 13.6. The Bertz CT molecular complexity index is 957. The topological polar surface area (TPSA) is 108 Å². The van der Waals surface area contributed by atoms with Crippen molar-refractivity contribution in [3.63, 3.8) is 0 Å². The molecule has 0 aliphatic carbocycles. The van der Waals surface area contributed by atoms with Crippen molar-refractivity contribution in [1.29, 1.82) is 5.26 Å². The van der Waals surface area contributed by atoms with Gasteiger partial charge in [0.1, 0.15) is 28.3 Å². The predicted molar refractivity (Wildman–Crippen MR) is 90.4 cm³/mol. The molecule has 0 unspecified atom stereocenters. The molecule has 0 fully saturated rings. The Labute approximate surface area is 150 Å². The lowest BCUT2D eigenvalue weighted by Crippen LogP contribution is -2.14. The van der Waals surface area contributed by atoms with Gasteiger partial charge < -0.3 is 10.6 Å². The molecular formula is C16H9ClF2N4O3. The Morgan fingerprint density at radius 1 is 1.27 bits per heavy atom. The average molecular weight is 379 g/mol. The Hall–Kier alpha value is -3.51. The SMILES string of the molecule is N#C/C(=C/Nc1ccc(F)cc1F)C(=O)Nc1ccc(Cl)c([N+](=O)[O-])c1. The summed E-state index contributed by atoms with van der Waals surface area (Å²) in [6, 6.07) is 7.89. The van der Waals surface area contributed by atoms with Gasteiger partial charge >= 0.3 is 0 Å². The van der Waals surface area contributed by atoms with Gasteiger partial charge in [-0.05, 0) is 24.3 Å². The van der Waals surface area contributed by atoms with Crippen LogP contribution in [0.25, 0.3) is 0 Å². The molecule has 0 atom stereocenters. The van der Waals surface area contributed by atoms with Gasteiger partial charge in [-0.2, -0.15) is 5.26 Å². The van der Waals surface area contributed by atoms with Crippen LogP contribution in [-0.2, 0) is 4.79 Å². The second kappa shape index (κ2) is 8.04. The number of nitrogens with one attached hydrogen (secondary N) is 2. The van der Waals surface area contributed by atoms with Gasteiger partial charge in [-0.3, -0.25) is 14.9 Å². The van der Waals surface area contributed by atoms with Crippen molar-refractivity contribution in [3.8, 4) is 6.07 Å². The first kappa shape index (κ1) is 18.8. The van der Waals surface area contributed by atoms with Gasteiger partial charge in [0.05, 0.1) is 10.6 Å². The van der Waals surface area contributed by atoms with Crippen molar-refractivity contribution in [2.24, 2.45) is 0 Å². The molecule has 2 aromatic rings. The number of nitriles is 1. The summed E-state index contributed by atoms with van der Waals surface area (Å²) in [6.45, 7) is 0. The van der Waals surface area contributed by atoms with E-state index in [2.05, 4.69) is 10.6 Å². The summed E-state index contributed by atoms with van der Waals surface area (Å²) in [5.41, 5.74) is -0.959. The molecule has 0 saturated heterocycles. The number of nitrogens with zero attached hydrogens (tertiary/aromatic N) is 2. The van der Waals surface area contributed by atoms with Gasteiger partial charge in [0.25, 0.3) is 11.6 Å². The molecular weight excluding hydrogens is 370 g/mol. The molecule has 132 valence electrons. The van der Waals surface area contributed by atoms with Crippen LogP contribution in [0.4, 0.5) is 25.8 Å². The normalized spacial score (nSPS) is 10.8. The van der Waals surface area contributed by atoms with Crippen LogP contribution < -0.4 is 10.6 Å². The molecule has 0 aliphatic heterocycles. The molecule has 0 aliphatic rings. The van der Waals surface area contributed by atoms with Crippen LogP contribution in [0.3, 0.4) is 0 Å². The number of amides is 1. The Morgan fingerprint density at radius 3 is 2.62 bits per heavy atom. The maximum atomic E-state index is 13.5. The molecule has 2 rings (SSSR count). The summed E-state index contributed by atoms with van der Waals surface area (Å²) in [5.74, 6) is -2.58. The number of benzene rings is 2. The van der Waals surface area contributed by atoms with Gasteiger partial charge in [-0.1, -0.05) is 11.6 Å². The lowest BCUT2D eigenvalue weighted by Gasteiger charge is -2.06. The van der Waals surface area contributed by atoms with E-state index in [0.717, 1.165) is 24.4 Å². The van der Waals surface area contributed by atoms with Gasteiger partial charge in [0.2, 0.25) is 0 Å². The van der Waals surface area contributed by atoms with Crippen molar-refractivity contribution in [3.05, 3.63) is 74.9 Å². The third-order valence-corrected chi connectivity index (χ3v) is 3.39. The van der Waals surface area contributed by atoms with Crippen LogP contribution >= 0.6 is 11.6 Å². The number of rotatable bonds is 5. The lowest BCUT2D eigenvalue weighted by molar-refractivity contribution is -0.384. The number of nitro groups is 1. The van der Waals surface area contributed by atoms with E-state index in [1.165, 1.54) is 12.1 Å². The molecule has 1 amide bonds. The summed E-state index contributed by atoms with van der Waals surface area (Å²) in [7, 11) is 0. The minimum Gasteiger partial charge on any atom is -0.358 e. The molecule has 0 spiro atoms. The maximum Gasteiger partial charge on any atom is 0.289 e. The molecule has 7 nitrogen and oxygen atoms in total. The molecule has 2 N–H and O–H groups in total. The van der Waals surface area contributed by atoms with Gasteiger partial charge in [0.15, 0.2) is 0 Å². The largest absolute Gasteiger partial charge is 0.358 e. The third-order valence-electron chi connectivity index (χ3n) is 3.07. The van der Waals surface area contributed by atoms with Gasteiger partial charge in [0, 0.05) is 24.0 Å². The summed E-state index contributed by atoms with van der Waals surface area (Å²) < 4.78 is 26.4. The molecule has 26 heavy (non-hydrogen) atoms. The van der Waals surface area contributed by atoms with E-state index in [1.54, 1.807) is 6.07 Å². The molecule has 0 bridgehead atoms. The number of carbonyl (C=O) groups excluding carboxylic acids is 1. The highest BCUT2D eigenvalue weighted by Crippen LogP contribution is 2.27. The number of halogens is 3. The molecule has 0 heterocycles. The number of hydrogen-bond donors (Lipinski definition) is 2. The summed E-state index contributed by atoms with van der Waals surface area (Å²) in [6.07, 6.45) is 0.927. The van der Waals surface area contributed by atoms with Crippen LogP contribution in [0.2, 0.25) is 5.02 Å². The van der Waals surface area contributed by atoms with E-state index in [4.69, 9.17) is 16.9 Å². The predicted octanol–water partition coefficient (Wildman–Crippen LogP) is 3.98. The van der Waals surface area contributed by atoms with Crippen LogP contribution in [0.5, 0.6) is 0 Å². The maximum absolute atomic E-state index is 13.5. The first-order valence-electron chi connectivity index (χ1n) is 6.89. The fourth-order valence-corrected chi connectivity index (χ4v) is 2.02. The average Bonchev–Trinajstić information content (AvgIpc) is 2.58. The molecule has 0 saturated carbocycles. The smallest absolute Gasteiger partial charge is 0.289 e. The zero-order valence-electron chi connectivity index (χ0n) is 12.8. The first-order valence-corrected chi connectivity index (χ1v) is 7.26. The van der Waals surface area contributed by atoms with E-state index < -0.39 is 33.7 Å². The summed E-state index contributed by atoms with van der Waals surface area (Å²) >= 11 is 5.67. The van der Waals surface area contributed by atoms with E-state index >= 15 is 0 Å². The highest BCUT2D eigenvalue weighted by molar-refractivity contribution is 6.32. The minimum absolute atomic E-state index is 0.0419. The quantitative estimate of drug-likeness (QED) is 0.354. The van der Waals surface area contributed by atoms with Gasteiger partial charge in [-0.25, -0.2) is 8.78 Å². The number of hydrogen-bond acceptors (Lipinski definition) is 5. The molecule has 0 aromatic heterocycles. The fourth-order valence-electron chi connectivity index (χ4n) is 1.83.